The van der Waals surface area contributed by atoms with Crippen molar-refractivity contribution in [2.45, 2.75) is 58.5 Å². The molecular weight excluding hydrogens is 256 g/mol. The summed E-state index contributed by atoms with van der Waals surface area (Å²) >= 11 is 0. The van der Waals surface area contributed by atoms with Crippen LogP contribution in [-0.2, 0) is 5.54 Å². The molecule has 0 radical (unpaired) electrons. The SMILES string of the molecule is CC(C)CCCCN1CC(C)(c2ccccc2)NCC1C. The van der Waals surface area contributed by atoms with Gasteiger partial charge in [-0.25, -0.2) is 0 Å². The van der Waals surface area contributed by atoms with E-state index in [9.17, 15) is 0 Å². The van der Waals surface area contributed by atoms with Gasteiger partial charge in [-0.1, -0.05) is 57.0 Å². The molecule has 1 fully saturated rings. The van der Waals surface area contributed by atoms with E-state index in [1.165, 1.54) is 31.4 Å². The van der Waals surface area contributed by atoms with Gasteiger partial charge in [0, 0.05) is 19.1 Å². The first kappa shape index (κ1) is 16.5. The fourth-order valence-corrected chi connectivity index (χ4v) is 3.29. The van der Waals surface area contributed by atoms with Gasteiger partial charge < -0.3 is 5.32 Å². The van der Waals surface area contributed by atoms with Gasteiger partial charge in [0.05, 0.1) is 5.54 Å². The first-order valence-electron chi connectivity index (χ1n) is 8.56. The summed E-state index contributed by atoms with van der Waals surface area (Å²) in [5, 5.41) is 3.76. The van der Waals surface area contributed by atoms with Crippen molar-refractivity contribution in [1.29, 1.82) is 0 Å². The lowest BCUT2D eigenvalue weighted by molar-refractivity contribution is 0.0925. The van der Waals surface area contributed by atoms with Crippen LogP contribution >= 0.6 is 0 Å². The molecule has 0 spiro atoms. The van der Waals surface area contributed by atoms with Crippen LogP contribution in [-0.4, -0.2) is 30.6 Å². The number of piperazine rings is 1. The van der Waals surface area contributed by atoms with Crippen LogP contribution in [0.25, 0.3) is 0 Å². The molecule has 2 atom stereocenters. The zero-order valence-corrected chi connectivity index (χ0v) is 14.2. The highest BCUT2D eigenvalue weighted by molar-refractivity contribution is 5.25. The van der Waals surface area contributed by atoms with E-state index in [1.54, 1.807) is 0 Å². The predicted octanol–water partition coefficient (Wildman–Crippen LogP) is 4.02. The molecule has 1 aromatic rings. The zero-order valence-electron chi connectivity index (χ0n) is 14.2. The van der Waals surface area contributed by atoms with Gasteiger partial charge in [0.1, 0.15) is 0 Å². The third-order valence-corrected chi connectivity index (χ3v) is 4.82. The Morgan fingerprint density at radius 3 is 2.62 bits per heavy atom. The zero-order chi connectivity index (χ0) is 15.3. The lowest BCUT2D eigenvalue weighted by Gasteiger charge is -2.45. The molecule has 0 aliphatic carbocycles. The number of hydrogen-bond acceptors (Lipinski definition) is 2. The van der Waals surface area contributed by atoms with E-state index in [1.807, 2.05) is 0 Å². The fourth-order valence-electron chi connectivity index (χ4n) is 3.29. The minimum atomic E-state index is 0.0891. The second-order valence-corrected chi connectivity index (χ2v) is 7.29. The van der Waals surface area contributed by atoms with Crippen molar-refractivity contribution in [3.05, 3.63) is 35.9 Å². The summed E-state index contributed by atoms with van der Waals surface area (Å²) in [6.07, 6.45) is 4.04. The van der Waals surface area contributed by atoms with Gasteiger partial charge in [-0.2, -0.15) is 0 Å². The highest BCUT2D eigenvalue weighted by Crippen LogP contribution is 2.26. The summed E-state index contributed by atoms with van der Waals surface area (Å²) in [7, 11) is 0. The van der Waals surface area contributed by atoms with Crippen molar-refractivity contribution in [3.8, 4) is 0 Å². The Bertz CT molecular complexity index is 415. The molecule has 2 rings (SSSR count). The minimum Gasteiger partial charge on any atom is -0.305 e. The summed E-state index contributed by atoms with van der Waals surface area (Å²) in [5.74, 6) is 0.833. The predicted molar refractivity (Wildman–Crippen MR) is 91.5 cm³/mol. The molecule has 21 heavy (non-hydrogen) atoms. The van der Waals surface area contributed by atoms with Crippen molar-refractivity contribution in [1.82, 2.24) is 10.2 Å². The standard InChI is InChI=1S/C19H32N2/c1-16(2)10-8-9-13-21-15-19(4,20-14-17(21)3)18-11-6-5-7-12-18/h5-7,11-12,16-17,20H,8-10,13-15H2,1-4H3. The van der Waals surface area contributed by atoms with Gasteiger partial charge in [-0.15, -0.1) is 0 Å². The summed E-state index contributed by atoms with van der Waals surface area (Å²) in [4.78, 5) is 2.67. The average molecular weight is 288 g/mol. The van der Waals surface area contributed by atoms with E-state index < -0.39 is 0 Å². The van der Waals surface area contributed by atoms with Crippen LogP contribution in [0.3, 0.4) is 0 Å². The number of nitrogens with zero attached hydrogens (tertiary/aromatic N) is 1. The molecule has 0 saturated carbocycles. The summed E-state index contributed by atoms with van der Waals surface area (Å²) in [6.45, 7) is 12.8. The van der Waals surface area contributed by atoms with Crippen LogP contribution in [0.1, 0.15) is 52.5 Å². The smallest absolute Gasteiger partial charge is 0.0535 e. The van der Waals surface area contributed by atoms with Crippen molar-refractivity contribution in [2.75, 3.05) is 19.6 Å². The molecule has 1 aliphatic heterocycles. The van der Waals surface area contributed by atoms with Gasteiger partial charge in [0.25, 0.3) is 0 Å². The normalized spacial score (nSPS) is 27.2. The monoisotopic (exact) mass is 288 g/mol. The quantitative estimate of drug-likeness (QED) is 0.795. The topological polar surface area (TPSA) is 15.3 Å². The molecule has 1 saturated heterocycles. The fraction of sp³-hybridized carbons (Fsp3) is 0.684. The van der Waals surface area contributed by atoms with Gasteiger partial charge in [0.2, 0.25) is 0 Å². The van der Waals surface area contributed by atoms with Gasteiger partial charge in [-0.3, -0.25) is 4.90 Å². The molecule has 1 aliphatic rings. The first-order chi connectivity index (χ1) is 10.0. The first-order valence-corrected chi connectivity index (χ1v) is 8.56. The van der Waals surface area contributed by atoms with Crippen molar-refractivity contribution in [3.63, 3.8) is 0 Å². The Kier molecular flexibility index (Phi) is 5.83. The largest absolute Gasteiger partial charge is 0.305 e. The Morgan fingerprint density at radius 1 is 1.24 bits per heavy atom. The highest BCUT2D eigenvalue weighted by atomic mass is 15.2. The van der Waals surface area contributed by atoms with Crippen LogP contribution < -0.4 is 5.32 Å². The Morgan fingerprint density at radius 2 is 1.95 bits per heavy atom. The summed E-state index contributed by atoms with van der Waals surface area (Å²) in [6, 6.07) is 11.5. The lowest BCUT2D eigenvalue weighted by atomic mass is 9.88. The molecule has 1 heterocycles. The number of unbranched alkanes of at least 4 members (excludes halogenated alkanes) is 1. The van der Waals surface area contributed by atoms with Crippen molar-refractivity contribution < 1.29 is 0 Å². The van der Waals surface area contributed by atoms with Crippen LogP contribution in [0.2, 0.25) is 0 Å². The molecular formula is C19H32N2. The molecule has 2 heteroatoms. The van der Waals surface area contributed by atoms with E-state index in [4.69, 9.17) is 0 Å². The van der Waals surface area contributed by atoms with E-state index in [-0.39, 0.29) is 5.54 Å². The van der Waals surface area contributed by atoms with E-state index in [0.717, 1.165) is 19.0 Å². The van der Waals surface area contributed by atoms with Crippen molar-refractivity contribution >= 4 is 0 Å². The molecule has 0 aromatic heterocycles. The maximum absolute atomic E-state index is 3.76. The van der Waals surface area contributed by atoms with Crippen LogP contribution in [0.4, 0.5) is 0 Å². The van der Waals surface area contributed by atoms with Crippen LogP contribution in [0.15, 0.2) is 30.3 Å². The second kappa shape index (κ2) is 7.42. The molecule has 0 bridgehead atoms. The van der Waals surface area contributed by atoms with Gasteiger partial charge in [0.15, 0.2) is 0 Å². The molecule has 1 N–H and O–H groups in total. The molecule has 118 valence electrons. The Labute approximate surface area is 130 Å². The molecule has 0 amide bonds. The minimum absolute atomic E-state index is 0.0891. The third kappa shape index (κ3) is 4.55. The van der Waals surface area contributed by atoms with E-state index >= 15 is 0 Å². The third-order valence-electron chi connectivity index (χ3n) is 4.82. The molecule has 2 unspecified atom stereocenters. The van der Waals surface area contributed by atoms with Crippen LogP contribution in [0.5, 0.6) is 0 Å². The average Bonchev–Trinajstić information content (AvgIpc) is 2.48. The summed E-state index contributed by atoms with van der Waals surface area (Å²) in [5.41, 5.74) is 1.50. The number of benzene rings is 1. The van der Waals surface area contributed by atoms with Crippen LogP contribution in [0, 0.1) is 5.92 Å². The number of nitrogens with one attached hydrogen (secondary N) is 1. The molecule has 1 aromatic carbocycles. The number of rotatable bonds is 6. The summed E-state index contributed by atoms with van der Waals surface area (Å²) < 4.78 is 0. The molecule has 2 nitrogen and oxygen atoms in total. The van der Waals surface area contributed by atoms with E-state index in [2.05, 4.69) is 68.2 Å². The highest BCUT2D eigenvalue weighted by Gasteiger charge is 2.34. The van der Waals surface area contributed by atoms with Gasteiger partial charge >= 0.3 is 0 Å². The Hall–Kier alpha value is -0.860. The van der Waals surface area contributed by atoms with E-state index in [0.29, 0.717) is 6.04 Å². The van der Waals surface area contributed by atoms with Crippen molar-refractivity contribution in [2.24, 2.45) is 5.92 Å². The maximum Gasteiger partial charge on any atom is 0.0535 e. The second-order valence-electron chi connectivity index (χ2n) is 7.29. The Balaban J connectivity index is 1.92. The number of hydrogen-bond donors (Lipinski definition) is 1. The van der Waals surface area contributed by atoms with Gasteiger partial charge in [-0.05, 0) is 38.3 Å². The lowest BCUT2D eigenvalue weighted by Crippen LogP contribution is -2.60. The maximum atomic E-state index is 3.76.